The second-order valence-corrected chi connectivity index (χ2v) is 3.11. The van der Waals surface area contributed by atoms with Gasteiger partial charge in [-0.2, -0.15) is 0 Å². The molecular formula is C10H15NO. The van der Waals surface area contributed by atoms with E-state index in [0.29, 0.717) is 5.92 Å². The minimum atomic E-state index is 0.0255. The standard InChI is InChI=1S/C10H15NO/c1-8(2)10-6-4-5-9(12-3)7-11-10/h4-9H,1-3H3. The Labute approximate surface area is 73.6 Å². The van der Waals surface area contributed by atoms with Crippen molar-refractivity contribution in [3.05, 3.63) is 23.9 Å². The molecule has 1 rings (SSSR count). The molecule has 0 aromatic heterocycles. The van der Waals surface area contributed by atoms with Crippen LogP contribution in [0.4, 0.5) is 0 Å². The average molecular weight is 165 g/mol. The highest BCUT2D eigenvalue weighted by Crippen LogP contribution is 2.12. The molecule has 1 aliphatic heterocycles. The van der Waals surface area contributed by atoms with E-state index in [9.17, 15) is 0 Å². The first-order valence-electron chi connectivity index (χ1n) is 4.19. The van der Waals surface area contributed by atoms with Crippen LogP contribution in [0.15, 0.2) is 28.9 Å². The first-order chi connectivity index (χ1) is 5.74. The molecule has 1 heterocycles. The van der Waals surface area contributed by atoms with Gasteiger partial charge in [-0.3, -0.25) is 4.99 Å². The summed E-state index contributed by atoms with van der Waals surface area (Å²) in [6.07, 6.45) is 7.86. The van der Waals surface area contributed by atoms with E-state index in [-0.39, 0.29) is 6.10 Å². The lowest BCUT2D eigenvalue weighted by Gasteiger charge is -2.04. The maximum absolute atomic E-state index is 5.13. The fraction of sp³-hybridized carbons (Fsp3) is 0.500. The molecule has 0 N–H and O–H groups in total. The van der Waals surface area contributed by atoms with Crippen LogP contribution in [0.2, 0.25) is 0 Å². The van der Waals surface area contributed by atoms with E-state index >= 15 is 0 Å². The van der Waals surface area contributed by atoms with Gasteiger partial charge in [0.15, 0.2) is 0 Å². The SMILES string of the molecule is COC1C=CC=C(C(C)C)N=C1. The van der Waals surface area contributed by atoms with E-state index < -0.39 is 0 Å². The number of aliphatic imine (C=N–C) groups is 1. The molecule has 0 aromatic carbocycles. The Morgan fingerprint density at radius 1 is 1.50 bits per heavy atom. The Kier molecular flexibility index (Phi) is 3.23. The number of hydrogen-bond acceptors (Lipinski definition) is 2. The van der Waals surface area contributed by atoms with Crippen LogP contribution in [0.5, 0.6) is 0 Å². The van der Waals surface area contributed by atoms with Crippen molar-refractivity contribution in [2.45, 2.75) is 20.0 Å². The van der Waals surface area contributed by atoms with Crippen molar-refractivity contribution in [2.24, 2.45) is 10.9 Å². The van der Waals surface area contributed by atoms with Gasteiger partial charge in [0.25, 0.3) is 0 Å². The van der Waals surface area contributed by atoms with E-state index in [2.05, 4.69) is 18.8 Å². The van der Waals surface area contributed by atoms with Crippen molar-refractivity contribution < 1.29 is 4.74 Å². The van der Waals surface area contributed by atoms with Gasteiger partial charge in [0.1, 0.15) is 6.10 Å². The summed E-state index contributed by atoms with van der Waals surface area (Å²) >= 11 is 0. The lowest BCUT2D eigenvalue weighted by molar-refractivity contribution is 0.195. The first-order valence-corrected chi connectivity index (χ1v) is 4.19. The zero-order valence-corrected chi connectivity index (χ0v) is 7.82. The van der Waals surface area contributed by atoms with Crippen molar-refractivity contribution in [2.75, 3.05) is 7.11 Å². The minimum Gasteiger partial charge on any atom is -0.372 e. The second-order valence-electron chi connectivity index (χ2n) is 3.11. The molecule has 0 fully saturated rings. The molecule has 1 aliphatic rings. The smallest absolute Gasteiger partial charge is 0.111 e. The maximum atomic E-state index is 5.13. The van der Waals surface area contributed by atoms with E-state index in [1.165, 1.54) is 0 Å². The lowest BCUT2D eigenvalue weighted by atomic mass is 10.1. The van der Waals surface area contributed by atoms with E-state index in [0.717, 1.165) is 5.70 Å². The number of methoxy groups -OCH3 is 1. The fourth-order valence-corrected chi connectivity index (χ4v) is 0.997. The van der Waals surface area contributed by atoms with Gasteiger partial charge in [-0.25, -0.2) is 0 Å². The Bertz CT molecular complexity index is 226. The average Bonchev–Trinajstić information content (AvgIpc) is 2.28. The van der Waals surface area contributed by atoms with E-state index in [1.807, 2.05) is 24.4 Å². The molecule has 0 aromatic rings. The van der Waals surface area contributed by atoms with Crippen molar-refractivity contribution in [1.82, 2.24) is 0 Å². The molecule has 66 valence electrons. The summed E-state index contributed by atoms with van der Waals surface area (Å²) in [5.74, 6) is 0.474. The highest BCUT2D eigenvalue weighted by molar-refractivity contribution is 5.68. The zero-order chi connectivity index (χ0) is 8.97. The van der Waals surface area contributed by atoms with Crippen molar-refractivity contribution >= 4 is 6.21 Å². The number of nitrogens with zero attached hydrogens (tertiary/aromatic N) is 1. The van der Waals surface area contributed by atoms with Crippen molar-refractivity contribution in [3.63, 3.8) is 0 Å². The summed E-state index contributed by atoms with van der Waals surface area (Å²) in [6, 6.07) is 0. The second kappa shape index (κ2) is 4.21. The van der Waals surface area contributed by atoms with Crippen molar-refractivity contribution in [3.8, 4) is 0 Å². The van der Waals surface area contributed by atoms with E-state index in [1.54, 1.807) is 7.11 Å². The molecule has 0 amide bonds. The molecule has 0 saturated carbocycles. The monoisotopic (exact) mass is 165 g/mol. The van der Waals surface area contributed by atoms with E-state index in [4.69, 9.17) is 4.74 Å². The number of rotatable bonds is 2. The van der Waals surface area contributed by atoms with Gasteiger partial charge in [-0.1, -0.05) is 26.0 Å². The molecule has 12 heavy (non-hydrogen) atoms. The van der Waals surface area contributed by atoms with Gasteiger partial charge in [0, 0.05) is 19.0 Å². The summed E-state index contributed by atoms with van der Waals surface area (Å²) in [5, 5.41) is 0. The third-order valence-electron chi connectivity index (χ3n) is 1.80. The molecule has 0 bridgehead atoms. The van der Waals surface area contributed by atoms with Crippen LogP contribution in [0.3, 0.4) is 0 Å². The van der Waals surface area contributed by atoms with Crippen LogP contribution in [-0.2, 0) is 4.74 Å². The molecule has 0 radical (unpaired) electrons. The third-order valence-corrected chi connectivity index (χ3v) is 1.80. The van der Waals surface area contributed by atoms with Gasteiger partial charge >= 0.3 is 0 Å². The van der Waals surface area contributed by atoms with Crippen LogP contribution in [-0.4, -0.2) is 19.4 Å². The topological polar surface area (TPSA) is 21.6 Å². The minimum absolute atomic E-state index is 0.0255. The summed E-state index contributed by atoms with van der Waals surface area (Å²) in [6.45, 7) is 4.26. The fourth-order valence-electron chi connectivity index (χ4n) is 0.997. The number of hydrogen-bond donors (Lipinski definition) is 0. The molecule has 2 heteroatoms. The van der Waals surface area contributed by atoms with Gasteiger partial charge in [0.05, 0.1) is 0 Å². The Morgan fingerprint density at radius 2 is 2.25 bits per heavy atom. The predicted octanol–water partition coefficient (Wildman–Crippen LogP) is 2.18. The molecule has 0 spiro atoms. The molecule has 0 saturated heterocycles. The Hall–Kier alpha value is -0.890. The summed E-state index contributed by atoms with van der Waals surface area (Å²) in [5.41, 5.74) is 1.10. The van der Waals surface area contributed by atoms with Crippen LogP contribution >= 0.6 is 0 Å². The van der Waals surface area contributed by atoms with Gasteiger partial charge in [-0.15, -0.1) is 0 Å². The summed E-state index contributed by atoms with van der Waals surface area (Å²) < 4.78 is 5.13. The quantitative estimate of drug-likeness (QED) is 0.614. The normalized spacial score (nSPS) is 22.7. The molecule has 1 atom stereocenters. The van der Waals surface area contributed by atoms with Crippen LogP contribution in [0, 0.1) is 5.92 Å². The Balaban J connectivity index is 2.72. The molecular weight excluding hydrogens is 150 g/mol. The molecule has 0 aliphatic carbocycles. The zero-order valence-electron chi connectivity index (χ0n) is 7.82. The lowest BCUT2D eigenvalue weighted by Crippen LogP contribution is -2.07. The van der Waals surface area contributed by atoms with Crippen LogP contribution in [0.1, 0.15) is 13.8 Å². The highest BCUT2D eigenvalue weighted by Gasteiger charge is 2.04. The summed E-state index contributed by atoms with van der Waals surface area (Å²) in [4.78, 5) is 4.32. The predicted molar refractivity (Wildman–Crippen MR) is 51.4 cm³/mol. The van der Waals surface area contributed by atoms with Crippen LogP contribution in [0.25, 0.3) is 0 Å². The van der Waals surface area contributed by atoms with Gasteiger partial charge in [-0.05, 0) is 12.0 Å². The maximum Gasteiger partial charge on any atom is 0.111 e. The number of ether oxygens (including phenoxy) is 1. The Morgan fingerprint density at radius 3 is 2.83 bits per heavy atom. The summed E-state index contributed by atoms with van der Waals surface area (Å²) in [7, 11) is 1.68. The van der Waals surface area contributed by atoms with Gasteiger partial charge in [0.2, 0.25) is 0 Å². The molecule has 1 unspecified atom stereocenters. The largest absolute Gasteiger partial charge is 0.372 e. The number of allylic oxidation sites excluding steroid dienone is 3. The highest BCUT2D eigenvalue weighted by atomic mass is 16.5. The van der Waals surface area contributed by atoms with Crippen molar-refractivity contribution in [1.29, 1.82) is 0 Å². The third kappa shape index (κ3) is 2.31. The first kappa shape index (κ1) is 9.20. The molecule has 2 nitrogen and oxygen atoms in total. The van der Waals surface area contributed by atoms with Crippen LogP contribution < -0.4 is 0 Å². The van der Waals surface area contributed by atoms with Gasteiger partial charge < -0.3 is 4.74 Å².